The predicted octanol–water partition coefficient (Wildman–Crippen LogP) is 2.22. The van der Waals surface area contributed by atoms with Gasteiger partial charge < -0.3 is 4.57 Å². The number of hydrogen-bond acceptors (Lipinski definition) is 4. The molecule has 0 atom stereocenters. The first-order valence-electron chi connectivity index (χ1n) is 6.97. The van der Waals surface area contributed by atoms with Crippen LogP contribution in [-0.4, -0.2) is 16.4 Å². The van der Waals surface area contributed by atoms with Crippen molar-refractivity contribution in [2.75, 3.05) is 0 Å². The molecule has 0 radical (unpaired) electrons. The minimum Gasteiger partial charge on any atom is -0.303 e. The lowest BCUT2D eigenvalue weighted by molar-refractivity contribution is -0.122. The lowest BCUT2D eigenvalue weighted by atomic mass is 10.2. The van der Waals surface area contributed by atoms with Crippen molar-refractivity contribution in [2.45, 2.75) is 26.3 Å². The Morgan fingerprint density at radius 1 is 1.22 bits per heavy atom. The highest BCUT2D eigenvalue weighted by Crippen LogP contribution is 2.10. The second-order valence-electron chi connectivity index (χ2n) is 4.91. The molecule has 2 aromatic rings. The summed E-state index contributed by atoms with van der Waals surface area (Å²) in [5.41, 5.74) is 6.08. The standard InChI is InChI=1S/C15H16BrN3O3S/c1-10-9-23-15(22)19(10)8-2-3-13(20)17-18-14(21)11-4-6-12(16)7-5-11/h4-7,9H,2-3,8H2,1H3,(H,17,20)(H,18,21). The molecule has 2 rings (SSSR count). The largest absolute Gasteiger partial charge is 0.307 e. The van der Waals surface area contributed by atoms with Crippen molar-refractivity contribution < 1.29 is 9.59 Å². The van der Waals surface area contributed by atoms with Crippen molar-refractivity contribution in [2.24, 2.45) is 0 Å². The van der Waals surface area contributed by atoms with Gasteiger partial charge in [0.25, 0.3) is 5.91 Å². The summed E-state index contributed by atoms with van der Waals surface area (Å²) < 4.78 is 2.51. The third kappa shape index (κ3) is 5.04. The highest BCUT2D eigenvalue weighted by atomic mass is 79.9. The number of nitrogens with zero attached hydrogens (tertiary/aromatic N) is 1. The van der Waals surface area contributed by atoms with E-state index in [2.05, 4.69) is 26.8 Å². The normalized spacial score (nSPS) is 10.3. The quantitative estimate of drug-likeness (QED) is 0.758. The van der Waals surface area contributed by atoms with E-state index in [4.69, 9.17) is 0 Å². The van der Waals surface area contributed by atoms with Gasteiger partial charge in [-0.15, -0.1) is 0 Å². The topological polar surface area (TPSA) is 80.2 Å². The first-order chi connectivity index (χ1) is 11.0. The number of nitrogens with one attached hydrogen (secondary N) is 2. The van der Waals surface area contributed by atoms with E-state index in [9.17, 15) is 14.4 Å². The van der Waals surface area contributed by atoms with Gasteiger partial charge in [0.05, 0.1) is 0 Å². The van der Waals surface area contributed by atoms with E-state index in [-0.39, 0.29) is 23.1 Å². The number of carbonyl (C=O) groups is 2. The monoisotopic (exact) mass is 397 g/mol. The van der Waals surface area contributed by atoms with Gasteiger partial charge in [-0.05, 0) is 37.6 Å². The molecule has 0 saturated heterocycles. The molecule has 122 valence electrons. The molecule has 1 aromatic heterocycles. The molecule has 2 amide bonds. The number of hydrazine groups is 1. The number of thiazole rings is 1. The zero-order chi connectivity index (χ0) is 16.8. The van der Waals surface area contributed by atoms with E-state index in [0.29, 0.717) is 18.5 Å². The fourth-order valence-corrected chi connectivity index (χ4v) is 2.96. The van der Waals surface area contributed by atoms with Crippen LogP contribution < -0.4 is 15.7 Å². The van der Waals surface area contributed by atoms with Crippen LogP contribution in [0.15, 0.2) is 38.9 Å². The van der Waals surface area contributed by atoms with Crippen molar-refractivity contribution in [3.05, 3.63) is 55.0 Å². The number of benzene rings is 1. The van der Waals surface area contributed by atoms with E-state index in [1.165, 1.54) is 0 Å². The molecule has 1 aromatic carbocycles. The maximum absolute atomic E-state index is 11.8. The van der Waals surface area contributed by atoms with E-state index >= 15 is 0 Å². The van der Waals surface area contributed by atoms with Gasteiger partial charge in [-0.3, -0.25) is 25.2 Å². The zero-order valence-electron chi connectivity index (χ0n) is 12.5. The summed E-state index contributed by atoms with van der Waals surface area (Å²) in [6.45, 7) is 2.35. The Balaban J connectivity index is 1.74. The van der Waals surface area contributed by atoms with Crippen LogP contribution in [0.5, 0.6) is 0 Å². The first-order valence-corrected chi connectivity index (χ1v) is 8.64. The lowest BCUT2D eigenvalue weighted by Crippen LogP contribution is -2.41. The minimum absolute atomic E-state index is 0.0218. The number of halogens is 1. The van der Waals surface area contributed by atoms with Crippen LogP contribution in [0.4, 0.5) is 0 Å². The Kier molecular flexibility index (Phi) is 6.12. The summed E-state index contributed by atoms with van der Waals surface area (Å²) in [7, 11) is 0. The number of carbonyl (C=O) groups excluding carboxylic acids is 2. The fourth-order valence-electron chi connectivity index (χ4n) is 1.93. The summed E-state index contributed by atoms with van der Waals surface area (Å²) in [6, 6.07) is 6.80. The summed E-state index contributed by atoms with van der Waals surface area (Å²) in [4.78, 5) is 35.0. The van der Waals surface area contributed by atoms with Gasteiger partial charge in [-0.2, -0.15) is 0 Å². The molecule has 0 saturated carbocycles. The van der Waals surface area contributed by atoms with Gasteiger partial charge in [-0.1, -0.05) is 27.3 Å². The van der Waals surface area contributed by atoms with E-state index in [1.807, 2.05) is 6.92 Å². The average Bonchev–Trinajstić information content (AvgIpc) is 2.85. The van der Waals surface area contributed by atoms with Crippen LogP contribution in [0.1, 0.15) is 28.9 Å². The molecule has 0 aliphatic rings. The highest BCUT2D eigenvalue weighted by molar-refractivity contribution is 9.10. The molecule has 6 nitrogen and oxygen atoms in total. The molecular weight excluding hydrogens is 382 g/mol. The number of aromatic nitrogens is 1. The molecule has 0 unspecified atom stereocenters. The van der Waals surface area contributed by atoms with Crippen LogP contribution in [0, 0.1) is 6.92 Å². The molecule has 0 bridgehead atoms. The molecule has 0 spiro atoms. The van der Waals surface area contributed by atoms with Crippen LogP contribution in [-0.2, 0) is 11.3 Å². The Morgan fingerprint density at radius 3 is 2.52 bits per heavy atom. The second-order valence-corrected chi connectivity index (χ2v) is 6.64. The van der Waals surface area contributed by atoms with Crippen molar-refractivity contribution >= 4 is 39.1 Å². The zero-order valence-corrected chi connectivity index (χ0v) is 14.9. The Hall–Kier alpha value is -1.93. The van der Waals surface area contributed by atoms with Crippen LogP contribution in [0.2, 0.25) is 0 Å². The van der Waals surface area contributed by atoms with Gasteiger partial charge >= 0.3 is 4.87 Å². The summed E-state index contributed by atoms with van der Waals surface area (Å²) >= 11 is 4.44. The molecule has 0 aliphatic carbocycles. The molecular formula is C15H16BrN3O3S. The Labute approximate surface area is 145 Å². The summed E-state index contributed by atoms with van der Waals surface area (Å²) in [5.74, 6) is -0.674. The van der Waals surface area contributed by atoms with Crippen LogP contribution in [0.3, 0.4) is 0 Å². The number of aryl methyl sites for hydroxylation is 1. The SMILES string of the molecule is Cc1csc(=O)n1CCCC(=O)NNC(=O)c1ccc(Br)cc1. The van der Waals surface area contributed by atoms with Crippen LogP contribution in [0.25, 0.3) is 0 Å². The van der Waals surface area contributed by atoms with Crippen molar-refractivity contribution in [3.63, 3.8) is 0 Å². The number of amides is 2. The van der Waals surface area contributed by atoms with E-state index in [1.54, 1.807) is 34.2 Å². The third-order valence-corrected chi connectivity index (χ3v) is 4.59. The molecule has 1 heterocycles. The maximum atomic E-state index is 11.8. The molecule has 0 aliphatic heterocycles. The van der Waals surface area contributed by atoms with Gasteiger partial charge in [0.15, 0.2) is 0 Å². The summed E-state index contributed by atoms with van der Waals surface area (Å²) in [5, 5.41) is 1.79. The molecule has 8 heteroatoms. The maximum Gasteiger partial charge on any atom is 0.307 e. The second kappa shape index (κ2) is 8.07. The fraction of sp³-hybridized carbons (Fsp3) is 0.267. The number of hydrogen-bond donors (Lipinski definition) is 2. The summed E-state index contributed by atoms with van der Waals surface area (Å²) in [6.07, 6.45) is 0.750. The van der Waals surface area contributed by atoms with Gasteiger partial charge in [0, 0.05) is 34.1 Å². The first kappa shape index (κ1) is 17.4. The minimum atomic E-state index is -0.379. The molecule has 0 fully saturated rings. The van der Waals surface area contributed by atoms with Crippen molar-refractivity contribution in [3.8, 4) is 0 Å². The van der Waals surface area contributed by atoms with Gasteiger partial charge in [-0.25, -0.2) is 0 Å². The molecule has 2 N–H and O–H groups in total. The van der Waals surface area contributed by atoms with Crippen molar-refractivity contribution in [1.82, 2.24) is 15.4 Å². The van der Waals surface area contributed by atoms with Crippen LogP contribution >= 0.6 is 27.3 Å². The number of rotatable bonds is 5. The van der Waals surface area contributed by atoms with Gasteiger partial charge in [0.1, 0.15) is 0 Å². The molecule has 23 heavy (non-hydrogen) atoms. The average molecular weight is 398 g/mol. The third-order valence-electron chi connectivity index (χ3n) is 3.18. The highest BCUT2D eigenvalue weighted by Gasteiger charge is 2.08. The Morgan fingerprint density at radius 2 is 1.91 bits per heavy atom. The smallest absolute Gasteiger partial charge is 0.303 e. The predicted molar refractivity (Wildman–Crippen MR) is 92.3 cm³/mol. The van der Waals surface area contributed by atoms with Crippen molar-refractivity contribution in [1.29, 1.82) is 0 Å². The van der Waals surface area contributed by atoms with E-state index < -0.39 is 0 Å². The van der Waals surface area contributed by atoms with E-state index in [0.717, 1.165) is 21.5 Å². The Bertz CT molecular complexity index is 752. The van der Waals surface area contributed by atoms with Gasteiger partial charge in [0.2, 0.25) is 5.91 Å². The lowest BCUT2D eigenvalue weighted by Gasteiger charge is -2.08.